The Balaban J connectivity index is 2.01. The number of carbonyl (C=O) groups excluding carboxylic acids is 2. The van der Waals surface area contributed by atoms with Crippen LogP contribution < -0.4 is 5.32 Å². The van der Waals surface area contributed by atoms with Crippen molar-refractivity contribution in [3.05, 3.63) is 41.6 Å². The molecule has 2 N–H and O–H groups in total. The lowest BCUT2D eigenvalue weighted by Gasteiger charge is -2.20. The number of imide groups is 1. The lowest BCUT2D eigenvalue weighted by atomic mass is 9.94. The average Bonchev–Trinajstić information content (AvgIpc) is 2.46. The van der Waals surface area contributed by atoms with Crippen LogP contribution in [0.5, 0.6) is 0 Å². The van der Waals surface area contributed by atoms with Crippen molar-refractivity contribution < 1.29 is 19.5 Å². The van der Waals surface area contributed by atoms with Gasteiger partial charge < -0.3 is 5.11 Å². The first-order valence-electron chi connectivity index (χ1n) is 6.52. The number of aromatic carboxylic acids is 1. The Morgan fingerprint density at radius 1 is 1.24 bits per heavy atom. The molecule has 0 saturated carbocycles. The highest BCUT2D eigenvalue weighted by Crippen LogP contribution is 2.25. The third-order valence-electron chi connectivity index (χ3n) is 3.56. The number of piperidine rings is 1. The minimum absolute atomic E-state index is 0.149. The maximum atomic E-state index is 11.9. The summed E-state index contributed by atoms with van der Waals surface area (Å²) in [6, 6.07) is 8.21. The van der Waals surface area contributed by atoms with Gasteiger partial charge in [-0.15, -0.1) is 0 Å². The van der Waals surface area contributed by atoms with E-state index in [1.54, 1.807) is 18.2 Å². The third kappa shape index (κ3) is 2.47. The monoisotopic (exact) mass is 284 g/mol. The van der Waals surface area contributed by atoms with Crippen molar-refractivity contribution in [1.29, 1.82) is 0 Å². The van der Waals surface area contributed by atoms with E-state index in [2.05, 4.69) is 10.3 Å². The number of hydrogen-bond acceptors (Lipinski definition) is 4. The predicted molar refractivity (Wildman–Crippen MR) is 73.8 cm³/mol. The number of nitrogens with zero attached hydrogens (tertiary/aromatic N) is 1. The van der Waals surface area contributed by atoms with Crippen LogP contribution in [0.15, 0.2) is 30.3 Å². The number of carboxylic acid groups (broad SMARTS) is 1. The average molecular weight is 284 g/mol. The molecule has 1 aromatic carbocycles. The number of nitrogens with one attached hydrogen (secondary N) is 1. The van der Waals surface area contributed by atoms with Crippen molar-refractivity contribution in [2.45, 2.75) is 18.8 Å². The molecule has 21 heavy (non-hydrogen) atoms. The van der Waals surface area contributed by atoms with Gasteiger partial charge in [-0.2, -0.15) is 0 Å². The summed E-state index contributed by atoms with van der Waals surface area (Å²) in [6.45, 7) is 0. The van der Waals surface area contributed by atoms with Crippen molar-refractivity contribution in [2.24, 2.45) is 0 Å². The zero-order chi connectivity index (χ0) is 15.0. The predicted octanol–water partition coefficient (Wildman–Crippen LogP) is 1.45. The molecule has 2 aromatic rings. The lowest BCUT2D eigenvalue weighted by molar-refractivity contribution is -0.134. The van der Waals surface area contributed by atoms with Crippen LogP contribution in [0.25, 0.3) is 10.9 Å². The number of pyridine rings is 1. The van der Waals surface area contributed by atoms with Crippen molar-refractivity contribution >= 4 is 28.7 Å². The summed E-state index contributed by atoms with van der Waals surface area (Å²) < 4.78 is 0. The summed E-state index contributed by atoms with van der Waals surface area (Å²) in [5.74, 6) is -2.12. The molecule has 2 heterocycles. The Morgan fingerprint density at radius 2 is 2.00 bits per heavy atom. The van der Waals surface area contributed by atoms with Gasteiger partial charge in [-0.25, -0.2) is 4.79 Å². The summed E-state index contributed by atoms with van der Waals surface area (Å²) in [4.78, 5) is 38.4. The number of fused-ring (bicyclic) bond motifs is 1. The van der Waals surface area contributed by atoms with Crippen LogP contribution in [0, 0.1) is 0 Å². The molecule has 1 saturated heterocycles. The second-order valence-corrected chi connectivity index (χ2v) is 4.95. The molecule has 1 aliphatic heterocycles. The van der Waals surface area contributed by atoms with Crippen LogP contribution in [0.4, 0.5) is 0 Å². The summed E-state index contributed by atoms with van der Waals surface area (Å²) in [6.07, 6.45) is 0.701. The summed E-state index contributed by atoms with van der Waals surface area (Å²) in [7, 11) is 0. The maximum Gasteiger partial charge on any atom is 0.335 e. The first kappa shape index (κ1) is 13.2. The zero-order valence-electron chi connectivity index (χ0n) is 11.0. The van der Waals surface area contributed by atoms with Crippen LogP contribution in [0.2, 0.25) is 0 Å². The number of rotatable bonds is 2. The van der Waals surface area contributed by atoms with E-state index in [1.165, 1.54) is 12.1 Å². The van der Waals surface area contributed by atoms with E-state index in [9.17, 15) is 14.4 Å². The Hall–Kier alpha value is -2.76. The molecule has 106 valence electrons. The minimum atomic E-state index is -1.02. The van der Waals surface area contributed by atoms with Gasteiger partial charge in [-0.05, 0) is 24.6 Å². The van der Waals surface area contributed by atoms with Crippen molar-refractivity contribution in [1.82, 2.24) is 10.3 Å². The molecule has 1 atom stereocenters. The van der Waals surface area contributed by atoms with Crippen LogP contribution >= 0.6 is 0 Å². The van der Waals surface area contributed by atoms with Gasteiger partial charge in [0.2, 0.25) is 11.8 Å². The fraction of sp³-hybridized carbons (Fsp3) is 0.200. The third-order valence-corrected chi connectivity index (χ3v) is 3.56. The number of amides is 2. The highest BCUT2D eigenvalue weighted by molar-refractivity contribution is 6.01. The quantitative estimate of drug-likeness (QED) is 0.814. The molecule has 1 aromatic heterocycles. The fourth-order valence-electron chi connectivity index (χ4n) is 2.44. The van der Waals surface area contributed by atoms with Crippen LogP contribution in [0.3, 0.4) is 0 Å². The van der Waals surface area contributed by atoms with Crippen molar-refractivity contribution in [3.63, 3.8) is 0 Å². The highest BCUT2D eigenvalue weighted by atomic mass is 16.4. The first-order valence-corrected chi connectivity index (χ1v) is 6.52. The topological polar surface area (TPSA) is 96.4 Å². The van der Waals surface area contributed by atoms with Gasteiger partial charge in [0.25, 0.3) is 0 Å². The Kier molecular flexibility index (Phi) is 3.13. The SMILES string of the molecule is O=C1CCC(c2ccc3ccc(C(=O)O)cc3n2)C(=O)N1. The molecule has 6 heteroatoms. The van der Waals surface area contributed by atoms with Crippen LogP contribution in [-0.2, 0) is 9.59 Å². The van der Waals surface area contributed by atoms with Gasteiger partial charge in [0.15, 0.2) is 0 Å². The standard InChI is InChI=1S/C15H12N2O4/c18-13-6-4-10(14(19)17-13)11-5-3-8-1-2-9(15(20)21)7-12(8)16-11/h1-3,5,7,10H,4,6H2,(H,20,21)(H,17,18,19). The zero-order valence-corrected chi connectivity index (χ0v) is 11.0. The summed E-state index contributed by atoms with van der Waals surface area (Å²) in [5.41, 5.74) is 1.22. The molecule has 3 rings (SSSR count). The molecule has 0 radical (unpaired) electrons. The van der Waals surface area contributed by atoms with E-state index >= 15 is 0 Å². The molecule has 0 aliphatic carbocycles. The van der Waals surface area contributed by atoms with E-state index in [0.29, 0.717) is 17.6 Å². The lowest BCUT2D eigenvalue weighted by Crippen LogP contribution is -2.39. The molecule has 1 aliphatic rings. The summed E-state index contributed by atoms with van der Waals surface area (Å²) >= 11 is 0. The molecule has 0 bridgehead atoms. The number of carbonyl (C=O) groups is 3. The summed E-state index contributed by atoms with van der Waals surface area (Å²) in [5, 5.41) is 12.1. The van der Waals surface area contributed by atoms with Gasteiger partial charge in [0, 0.05) is 11.8 Å². The van der Waals surface area contributed by atoms with Gasteiger partial charge in [0.05, 0.1) is 22.7 Å². The Morgan fingerprint density at radius 3 is 2.71 bits per heavy atom. The smallest absolute Gasteiger partial charge is 0.335 e. The normalized spacial score (nSPS) is 18.6. The molecule has 0 spiro atoms. The van der Waals surface area contributed by atoms with E-state index in [-0.39, 0.29) is 23.8 Å². The van der Waals surface area contributed by atoms with Gasteiger partial charge in [0.1, 0.15) is 0 Å². The van der Waals surface area contributed by atoms with E-state index < -0.39 is 11.9 Å². The van der Waals surface area contributed by atoms with E-state index in [0.717, 1.165) is 5.39 Å². The molecule has 2 amide bonds. The number of hydrogen-bond donors (Lipinski definition) is 2. The second kappa shape index (κ2) is 4.97. The minimum Gasteiger partial charge on any atom is -0.478 e. The maximum absolute atomic E-state index is 11.9. The molecule has 1 unspecified atom stereocenters. The molecule has 6 nitrogen and oxygen atoms in total. The van der Waals surface area contributed by atoms with Gasteiger partial charge in [-0.1, -0.05) is 12.1 Å². The second-order valence-electron chi connectivity index (χ2n) is 4.95. The number of aromatic nitrogens is 1. The fourth-order valence-corrected chi connectivity index (χ4v) is 2.44. The number of carboxylic acids is 1. The Labute approximate surface area is 119 Å². The Bertz CT molecular complexity index is 769. The van der Waals surface area contributed by atoms with E-state index in [4.69, 9.17) is 5.11 Å². The largest absolute Gasteiger partial charge is 0.478 e. The van der Waals surface area contributed by atoms with Crippen LogP contribution in [-0.4, -0.2) is 27.9 Å². The van der Waals surface area contributed by atoms with E-state index in [1.807, 2.05) is 0 Å². The van der Waals surface area contributed by atoms with Gasteiger partial charge >= 0.3 is 5.97 Å². The van der Waals surface area contributed by atoms with Gasteiger partial charge in [-0.3, -0.25) is 19.9 Å². The molecular weight excluding hydrogens is 272 g/mol. The molecular formula is C15H12N2O4. The van der Waals surface area contributed by atoms with Crippen molar-refractivity contribution in [2.75, 3.05) is 0 Å². The first-order chi connectivity index (χ1) is 10.0. The molecule has 1 fully saturated rings. The number of benzene rings is 1. The highest BCUT2D eigenvalue weighted by Gasteiger charge is 2.29. The van der Waals surface area contributed by atoms with Crippen LogP contribution in [0.1, 0.15) is 34.8 Å². The van der Waals surface area contributed by atoms with Crippen molar-refractivity contribution in [3.8, 4) is 0 Å².